The van der Waals surface area contributed by atoms with Gasteiger partial charge in [-0.2, -0.15) is 8.78 Å². The van der Waals surface area contributed by atoms with Crippen LogP contribution in [0.5, 0.6) is 0 Å². The Labute approximate surface area is 172 Å². The van der Waals surface area contributed by atoms with Crippen LogP contribution in [-0.2, 0) is 9.59 Å². The van der Waals surface area contributed by atoms with Crippen molar-refractivity contribution < 1.29 is 33.7 Å². The molecule has 0 amide bonds. The lowest BCUT2D eigenvalue weighted by Gasteiger charge is -2.23. The van der Waals surface area contributed by atoms with Gasteiger partial charge in [-0.05, 0) is 56.8 Å². The van der Waals surface area contributed by atoms with E-state index in [1.807, 2.05) is 12.2 Å². The predicted molar refractivity (Wildman–Crippen MR) is 107 cm³/mol. The lowest BCUT2D eigenvalue weighted by Crippen LogP contribution is -2.30. The van der Waals surface area contributed by atoms with E-state index < -0.39 is 36.3 Å². The lowest BCUT2D eigenvalue weighted by molar-refractivity contribution is -0.144. The summed E-state index contributed by atoms with van der Waals surface area (Å²) in [5.74, 6) is -5.78. The van der Waals surface area contributed by atoms with Crippen LogP contribution in [0, 0.1) is 11.8 Å². The molecular weight excluding hydrogens is 382 g/mol. The second-order valence-electron chi connectivity index (χ2n) is 8.17. The number of alkyl halides is 2. The van der Waals surface area contributed by atoms with Crippen molar-refractivity contribution >= 4 is 11.8 Å². The fourth-order valence-electron chi connectivity index (χ4n) is 4.01. The van der Waals surface area contributed by atoms with Crippen molar-refractivity contribution in [1.29, 1.82) is 0 Å². The smallest absolute Gasteiger partial charge is 0.305 e. The van der Waals surface area contributed by atoms with Gasteiger partial charge in [0.15, 0.2) is 0 Å². The Morgan fingerprint density at radius 1 is 1.00 bits per heavy atom. The predicted octanol–water partition coefficient (Wildman–Crippen LogP) is 4.50. The van der Waals surface area contributed by atoms with E-state index in [2.05, 4.69) is 0 Å². The Morgan fingerprint density at radius 2 is 1.69 bits per heavy atom. The maximum absolute atomic E-state index is 13.9. The molecule has 1 aliphatic carbocycles. The summed E-state index contributed by atoms with van der Waals surface area (Å²) in [4.78, 5) is 22.4. The number of hydrogen-bond acceptors (Lipinski definition) is 4. The molecule has 1 rings (SSSR count). The second-order valence-corrected chi connectivity index (χ2v) is 8.17. The quantitative estimate of drug-likeness (QED) is 0.269. The van der Waals surface area contributed by atoms with E-state index in [1.165, 1.54) is 0 Å². The van der Waals surface area contributed by atoms with Gasteiger partial charge in [0.2, 0.25) is 5.78 Å². The summed E-state index contributed by atoms with van der Waals surface area (Å²) in [5, 5.41) is 29.0. The highest BCUT2D eigenvalue weighted by molar-refractivity contribution is 5.85. The Morgan fingerprint density at radius 3 is 2.34 bits per heavy atom. The number of unbranched alkanes of at least 4 members (excludes halogenated alkanes) is 4. The van der Waals surface area contributed by atoms with Gasteiger partial charge in [-0.3, -0.25) is 9.59 Å². The van der Waals surface area contributed by atoms with Gasteiger partial charge in [0, 0.05) is 19.3 Å². The molecule has 0 radical (unpaired) electrons. The molecule has 1 fully saturated rings. The van der Waals surface area contributed by atoms with Crippen molar-refractivity contribution in [3.63, 3.8) is 0 Å². The first-order valence-corrected chi connectivity index (χ1v) is 10.8. The van der Waals surface area contributed by atoms with Gasteiger partial charge in [-0.15, -0.1) is 0 Å². The first kappa shape index (κ1) is 25.7. The van der Waals surface area contributed by atoms with Crippen LogP contribution in [0.2, 0.25) is 0 Å². The minimum Gasteiger partial charge on any atom is -0.481 e. The molecule has 0 aromatic rings. The first-order valence-electron chi connectivity index (χ1n) is 10.8. The monoisotopic (exact) mass is 418 g/mol. The van der Waals surface area contributed by atoms with Gasteiger partial charge in [-0.1, -0.05) is 31.9 Å². The van der Waals surface area contributed by atoms with E-state index in [0.29, 0.717) is 25.7 Å². The number of aliphatic carboxylic acids is 1. The SMILES string of the molecule is CCCCC(F)(F)C(=O)CC[C@@H]1C(C/C=C\CCCCCC(=O)O)[C@@H](O)C[C@H]1O. The minimum absolute atomic E-state index is 0.159. The largest absolute Gasteiger partial charge is 0.481 e. The third kappa shape index (κ3) is 9.34. The molecule has 0 aromatic heterocycles. The Balaban J connectivity index is 2.43. The minimum atomic E-state index is -3.31. The summed E-state index contributed by atoms with van der Waals surface area (Å²) in [6.07, 6.45) is 6.83. The van der Waals surface area contributed by atoms with E-state index in [4.69, 9.17) is 5.11 Å². The number of carboxylic acid groups (broad SMARTS) is 1. The van der Waals surface area contributed by atoms with E-state index >= 15 is 0 Å². The maximum Gasteiger partial charge on any atom is 0.305 e. The van der Waals surface area contributed by atoms with Crippen LogP contribution in [0.15, 0.2) is 12.2 Å². The zero-order valence-electron chi connectivity index (χ0n) is 17.4. The summed E-state index contributed by atoms with van der Waals surface area (Å²) in [6, 6.07) is 0. The number of aliphatic hydroxyl groups is 2. The molecular formula is C22H36F2O5. The molecule has 168 valence electrons. The third-order valence-electron chi connectivity index (χ3n) is 5.81. The average molecular weight is 419 g/mol. The second kappa shape index (κ2) is 13.1. The van der Waals surface area contributed by atoms with Crippen molar-refractivity contribution in [3.05, 3.63) is 12.2 Å². The number of carboxylic acids is 1. The van der Waals surface area contributed by atoms with Gasteiger partial charge in [0.25, 0.3) is 0 Å². The number of rotatable bonds is 15. The molecule has 0 heterocycles. The Kier molecular flexibility index (Phi) is 11.6. The molecule has 0 saturated heterocycles. The molecule has 0 aliphatic heterocycles. The number of halogens is 2. The van der Waals surface area contributed by atoms with E-state index in [0.717, 1.165) is 19.3 Å². The van der Waals surface area contributed by atoms with Crippen molar-refractivity contribution in [2.24, 2.45) is 11.8 Å². The Hall–Kier alpha value is -1.34. The standard InChI is InChI=1S/C22H36F2O5/c1-2-3-14-22(23,24)20(27)13-12-17-16(18(25)15-19(17)26)10-8-6-4-5-7-9-11-21(28)29/h6,8,16-19,25-26H,2-5,7,9-15H2,1H3,(H,28,29)/b8-6-/t16?,17-,18+,19-/m1/s1. The molecule has 0 spiro atoms. The third-order valence-corrected chi connectivity index (χ3v) is 5.81. The van der Waals surface area contributed by atoms with Crippen molar-refractivity contribution in [1.82, 2.24) is 0 Å². The molecule has 3 N–H and O–H groups in total. The highest BCUT2D eigenvalue weighted by Gasteiger charge is 2.43. The molecule has 1 unspecified atom stereocenters. The summed E-state index contributed by atoms with van der Waals surface area (Å²) >= 11 is 0. The number of carbonyl (C=O) groups excluding carboxylic acids is 1. The number of ketones is 1. The Bertz CT molecular complexity index is 535. The van der Waals surface area contributed by atoms with E-state index in [1.54, 1.807) is 6.92 Å². The number of aliphatic hydroxyl groups excluding tert-OH is 2. The summed E-state index contributed by atoms with van der Waals surface area (Å²) in [5.41, 5.74) is 0. The molecule has 1 aliphatic rings. The molecule has 5 nitrogen and oxygen atoms in total. The number of hydrogen-bond donors (Lipinski definition) is 3. The van der Waals surface area contributed by atoms with E-state index in [9.17, 15) is 28.6 Å². The molecule has 0 bridgehead atoms. The van der Waals surface area contributed by atoms with Gasteiger partial charge >= 0.3 is 11.9 Å². The summed E-state index contributed by atoms with van der Waals surface area (Å²) in [7, 11) is 0. The molecule has 1 saturated carbocycles. The fourth-order valence-corrected chi connectivity index (χ4v) is 4.01. The highest BCUT2D eigenvalue weighted by Crippen LogP contribution is 2.39. The van der Waals surface area contributed by atoms with Crippen molar-refractivity contribution in [3.8, 4) is 0 Å². The lowest BCUT2D eigenvalue weighted by atomic mass is 9.85. The number of allylic oxidation sites excluding steroid dienone is 2. The normalized spacial score (nSPS) is 25.0. The van der Waals surface area contributed by atoms with Crippen LogP contribution >= 0.6 is 0 Å². The summed E-state index contributed by atoms with van der Waals surface area (Å²) in [6.45, 7) is 1.80. The topological polar surface area (TPSA) is 94.8 Å². The molecule has 29 heavy (non-hydrogen) atoms. The van der Waals surface area contributed by atoms with Crippen LogP contribution in [0.3, 0.4) is 0 Å². The van der Waals surface area contributed by atoms with Gasteiger partial charge in [0.1, 0.15) is 0 Å². The first-order chi connectivity index (χ1) is 13.7. The zero-order chi connectivity index (χ0) is 21.9. The van der Waals surface area contributed by atoms with E-state index in [-0.39, 0.29) is 37.5 Å². The van der Waals surface area contributed by atoms with Gasteiger partial charge in [-0.25, -0.2) is 0 Å². The maximum atomic E-state index is 13.9. The van der Waals surface area contributed by atoms with Crippen molar-refractivity contribution in [2.45, 2.75) is 102 Å². The molecule has 4 atom stereocenters. The number of carbonyl (C=O) groups is 2. The molecule has 0 aromatic carbocycles. The fraction of sp³-hybridized carbons (Fsp3) is 0.818. The van der Waals surface area contributed by atoms with Crippen LogP contribution in [0.1, 0.15) is 84.0 Å². The van der Waals surface area contributed by atoms with Gasteiger partial charge < -0.3 is 15.3 Å². The van der Waals surface area contributed by atoms with Gasteiger partial charge in [0.05, 0.1) is 12.2 Å². The number of Topliss-reactive ketones (excluding diaryl/α,β-unsaturated/α-hetero) is 1. The summed E-state index contributed by atoms with van der Waals surface area (Å²) < 4.78 is 27.7. The molecule has 7 heteroatoms. The highest BCUT2D eigenvalue weighted by atomic mass is 19.3. The van der Waals surface area contributed by atoms with Crippen LogP contribution in [-0.4, -0.2) is 45.2 Å². The van der Waals surface area contributed by atoms with Crippen LogP contribution in [0.25, 0.3) is 0 Å². The average Bonchev–Trinajstić information content (AvgIpc) is 2.92. The van der Waals surface area contributed by atoms with Crippen LogP contribution < -0.4 is 0 Å². The zero-order valence-corrected chi connectivity index (χ0v) is 17.4. The van der Waals surface area contributed by atoms with Crippen molar-refractivity contribution in [2.75, 3.05) is 0 Å². The van der Waals surface area contributed by atoms with Crippen LogP contribution in [0.4, 0.5) is 8.78 Å².